The van der Waals surface area contributed by atoms with Crippen molar-refractivity contribution in [1.29, 1.82) is 0 Å². The maximum absolute atomic E-state index is 4.65. The van der Waals surface area contributed by atoms with Crippen molar-refractivity contribution in [3.63, 3.8) is 0 Å². The molecule has 0 fully saturated rings. The van der Waals surface area contributed by atoms with Gasteiger partial charge in [0.2, 0.25) is 0 Å². The van der Waals surface area contributed by atoms with E-state index in [2.05, 4.69) is 33.2 Å². The molecule has 0 aliphatic heterocycles. The average molecular weight is 220 g/mol. The summed E-state index contributed by atoms with van der Waals surface area (Å²) in [5, 5.41) is 0. The van der Waals surface area contributed by atoms with Crippen molar-refractivity contribution < 1.29 is 0 Å². The highest BCUT2D eigenvalue weighted by Crippen LogP contribution is 2.22. The van der Waals surface area contributed by atoms with Crippen molar-refractivity contribution in [2.45, 2.75) is 6.92 Å². The number of aryl methyl sites for hydroxylation is 1. The molecule has 0 spiro atoms. The summed E-state index contributed by atoms with van der Waals surface area (Å²) >= 11 is 0. The predicted molar refractivity (Wildman–Crippen MR) is 69.5 cm³/mol. The number of nitrogens with zero attached hydrogens (tertiary/aromatic N) is 2. The van der Waals surface area contributed by atoms with Gasteiger partial charge in [-0.2, -0.15) is 0 Å². The van der Waals surface area contributed by atoms with Gasteiger partial charge in [-0.15, -0.1) is 0 Å². The van der Waals surface area contributed by atoms with Crippen LogP contribution >= 0.6 is 0 Å². The first-order valence-corrected chi connectivity index (χ1v) is 5.57. The molecule has 0 N–H and O–H groups in total. The minimum atomic E-state index is 0.972. The molecule has 0 atom stereocenters. The first-order valence-electron chi connectivity index (χ1n) is 5.57. The first kappa shape index (κ1) is 9.92. The van der Waals surface area contributed by atoms with Crippen LogP contribution in [0.15, 0.2) is 53.5 Å². The molecule has 2 heteroatoms. The van der Waals surface area contributed by atoms with Crippen LogP contribution in [-0.4, -0.2) is 9.55 Å². The number of imidazole rings is 1. The Labute approximate surface area is 99.9 Å². The Hall–Kier alpha value is -2.27. The van der Waals surface area contributed by atoms with Gasteiger partial charge in [0.05, 0.1) is 11.0 Å². The molecule has 1 aliphatic carbocycles. The Morgan fingerprint density at radius 1 is 1.24 bits per heavy atom. The van der Waals surface area contributed by atoms with Crippen molar-refractivity contribution in [2.75, 3.05) is 0 Å². The zero-order chi connectivity index (χ0) is 11.8. The van der Waals surface area contributed by atoms with Crippen LogP contribution in [0.25, 0.3) is 16.6 Å². The van der Waals surface area contributed by atoms with E-state index in [4.69, 9.17) is 0 Å². The number of para-hydroxylation sites is 2. The van der Waals surface area contributed by atoms with E-state index in [1.54, 1.807) is 0 Å². The van der Waals surface area contributed by atoms with Crippen LogP contribution in [0.1, 0.15) is 12.7 Å². The fraction of sp³-hybridized carbons (Fsp3) is 0.133. The summed E-state index contributed by atoms with van der Waals surface area (Å²) in [6.45, 7) is 2.02. The van der Waals surface area contributed by atoms with Crippen LogP contribution in [0, 0.1) is 0 Å². The lowest BCUT2D eigenvalue weighted by atomic mass is 10.1. The van der Waals surface area contributed by atoms with E-state index < -0.39 is 0 Å². The molecule has 0 unspecified atom stereocenters. The molecule has 0 amide bonds. The predicted octanol–water partition coefficient (Wildman–Crippen LogP) is 3.23. The van der Waals surface area contributed by atoms with E-state index >= 15 is 0 Å². The summed E-state index contributed by atoms with van der Waals surface area (Å²) in [6, 6.07) is 8.15. The van der Waals surface area contributed by atoms with E-state index in [-0.39, 0.29) is 0 Å². The fourth-order valence-corrected chi connectivity index (χ4v) is 2.07. The largest absolute Gasteiger partial charge is 0.327 e. The molecule has 1 heterocycles. The number of aromatic nitrogens is 2. The van der Waals surface area contributed by atoms with Crippen LogP contribution in [0.2, 0.25) is 0 Å². The third-order valence-corrected chi connectivity index (χ3v) is 2.91. The SMILES string of the molecule is CC1=C=C=CC(c2nc3ccccc3n2C)=C1. The second-order valence-corrected chi connectivity index (χ2v) is 4.18. The lowest BCUT2D eigenvalue weighted by Crippen LogP contribution is -1.96. The third-order valence-electron chi connectivity index (χ3n) is 2.91. The van der Waals surface area contributed by atoms with Crippen molar-refractivity contribution >= 4 is 16.6 Å². The molecule has 0 saturated carbocycles. The minimum absolute atomic E-state index is 0.972. The van der Waals surface area contributed by atoms with E-state index in [1.165, 1.54) is 0 Å². The summed E-state index contributed by atoms with van der Waals surface area (Å²) in [5.74, 6) is 0.972. The number of hydrogen-bond acceptors (Lipinski definition) is 1. The van der Waals surface area contributed by atoms with Crippen LogP contribution in [-0.2, 0) is 7.05 Å². The monoisotopic (exact) mass is 220 g/mol. The summed E-state index contributed by atoms with van der Waals surface area (Å²) < 4.78 is 2.11. The zero-order valence-corrected chi connectivity index (χ0v) is 9.86. The quantitative estimate of drug-likeness (QED) is 0.675. The Kier molecular flexibility index (Phi) is 2.12. The van der Waals surface area contributed by atoms with Crippen LogP contribution in [0.5, 0.6) is 0 Å². The Morgan fingerprint density at radius 3 is 2.82 bits per heavy atom. The molecule has 1 aromatic carbocycles. The highest BCUT2D eigenvalue weighted by atomic mass is 15.1. The van der Waals surface area contributed by atoms with Gasteiger partial charge < -0.3 is 4.57 Å². The number of hydrogen-bond donors (Lipinski definition) is 0. The van der Waals surface area contributed by atoms with E-state index in [0.717, 1.165) is 28.0 Å². The molecule has 2 aromatic rings. The molecule has 17 heavy (non-hydrogen) atoms. The maximum atomic E-state index is 4.65. The van der Waals surface area contributed by atoms with E-state index in [1.807, 2.05) is 38.2 Å². The van der Waals surface area contributed by atoms with Gasteiger partial charge in [-0.3, -0.25) is 0 Å². The van der Waals surface area contributed by atoms with Crippen molar-refractivity contribution in [2.24, 2.45) is 7.05 Å². The smallest absolute Gasteiger partial charge is 0.141 e. The second-order valence-electron chi connectivity index (χ2n) is 4.18. The standard InChI is InChI=1S/C15H12N2/c1-11-6-5-7-12(10-11)15-16-13-8-3-4-9-14(13)17(15)2/h3-4,7-10H,1-2H3. The van der Waals surface area contributed by atoms with Gasteiger partial charge in [0.25, 0.3) is 0 Å². The second kappa shape index (κ2) is 3.64. The van der Waals surface area contributed by atoms with Gasteiger partial charge >= 0.3 is 0 Å². The van der Waals surface area contributed by atoms with Gasteiger partial charge in [0, 0.05) is 18.2 Å². The highest BCUT2D eigenvalue weighted by Gasteiger charge is 2.10. The normalized spacial score (nSPS) is 14.0. The van der Waals surface area contributed by atoms with Crippen LogP contribution < -0.4 is 0 Å². The lowest BCUT2D eigenvalue weighted by Gasteiger charge is -2.03. The van der Waals surface area contributed by atoms with Gasteiger partial charge in [0.1, 0.15) is 5.82 Å². The summed E-state index contributed by atoms with van der Waals surface area (Å²) in [6.07, 6.45) is 4.01. The zero-order valence-electron chi connectivity index (χ0n) is 9.86. The molecule has 82 valence electrons. The summed E-state index contributed by atoms with van der Waals surface area (Å²) in [5.41, 5.74) is 10.4. The number of benzene rings is 1. The van der Waals surface area contributed by atoms with Crippen LogP contribution in [0.4, 0.5) is 0 Å². The van der Waals surface area contributed by atoms with Gasteiger partial charge in [-0.05, 0) is 31.2 Å². The van der Waals surface area contributed by atoms with Crippen molar-refractivity contribution in [1.82, 2.24) is 9.55 Å². The molecule has 3 rings (SSSR count). The topological polar surface area (TPSA) is 17.8 Å². The average Bonchev–Trinajstić information content (AvgIpc) is 2.68. The Bertz CT molecular complexity index is 731. The van der Waals surface area contributed by atoms with Gasteiger partial charge in [0.15, 0.2) is 0 Å². The van der Waals surface area contributed by atoms with Crippen LogP contribution in [0.3, 0.4) is 0 Å². The van der Waals surface area contributed by atoms with E-state index in [0.29, 0.717) is 0 Å². The molecule has 0 bridgehead atoms. The molecule has 2 nitrogen and oxygen atoms in total. The Morgan fingerprint density at radius 2 is 2.06 bits per heavy atom. The van der Waals surface area contributed by atoms with Gasteiger partial charge in [-0.25, -0.2) is 4.98 Å². The van der Waals surface area contributed by atoms with Crippen molar-refractivity contribution in [3.8, 4) is 0 Å². The number of fused-ring (bicyclic) bond motifs is 1. The molecule has 1 aliphatic rings. The number of rotatable bonds is 1. The van der Waals surface area contributed by atoms with E-state index in [9.17, 15) is 0 Å². The lowest BCUT2D eigenvalue weighted by molar-refractivity contribution is 0.923. The fourth-order valence-electron chi connectivity index (χ4n) is 2.07. The summed E-state index contributed by atoms with van der Waals surface area (Å²) in [7, 11) is 2.04. The van der Waals surface area contributed by atoms with Crippen molar-refractivity contribution in [3.05, 3.63) is 59.3 Å². The minimum Gasteiger partial charge on any atom is -0.327 e. The third kappa shape index (κ3) is 1.57. The Balaban J connectivity index is 2.24. The summed E-state index contributed by atoms with van der Waals surface area (Å²) in [4.78, 5) is 4.65. The number of allylic oxidation sites excluding steroid dienone is 4. The molecule has 0 radical (unpaired) electrons. The first-order chi connectivity index (χ1) is 8.25. The maximum Gasteiger partial charge on any atom is 0.141 e. The van der Waals surface area contributed by atoms with Gasteiger partial charge in [-0.1, -0.05) is 23.6 Å². The highest BCUT2D eigenvalue weighted by molar-refractivity contribution is 5.82. The molecular weight excluding hydrogens is 208 g/mol. The molecule has 0 saturated heterocycles. The molecule has 1 aromatic heterocycles. The molecular formula is C15H12N2.